The Hall–Kier alpha value is -1.84. The summed E-state index contributed by atoms with van der Waals surface area (Å²) < 4.78 is 0. The van der Waals surface area contributed by atoms with E-state index in [9.17, 15) is 9.59 Å². The van der Waals surface area contributed by atoms with Gasteiger partial charge >= 0.3 is 0 Å². The number of amides is 2. The average molecular weight is 248 g/mol. The van der Waals surface area contributed by atoms with Crippen LogP contribution >= 0.6 is 0 Å². The van der Waals surface area contributed by atoms with E-state index in [-0.39, 0.29) is 11.8 Å². The molecule has 4 nitrogen and oxygen atoms in total. The lowest BCUT2D eigenvalue weighted by Gasteiger charge is -2.21. The highest BCUT2D eigenvalue weighted by atomic mass is 16.2. The van der Waals surface area contributed by atoms with Gasteiger partial charge in [0.05, 0.1) is 5.69 Å². The topological polar surface area (TPSA) is 63.4 Å². The monoisotopic (exact) mass is 248 g/mol. The highest BCUT2D eigenvalue weighted by Gasteiger charge is 2.21. The van der Waals surface area contributed by atoms with Crippen molar-refractivity contribution in [2.75, 3.05) is 10.6 Å². The van der Waals surface area contributed by atoms with E-state index < -0.39 is 0 Å². The molecule has 18 heavy (non-hydrogen) atoms. The number of carbonyl (C=O) groups excluding carboxylic acids is 2. The number of rotatable bonds is 5. The van der Waals surface area contributed by atoms with Crippen LogP contribution in [0.5, 0.6) is 0 Å². The third-order valence-corrected chi connectivity index (χ3v) is 2.55. The van der Waals surface area contributed by atoms with Gasteiger partial charge in [0.1, 0.15) is 0 Å². The third-order valence-electron chi connectivity index (χ3n) is 2.55. The summed E-state index contributed by atoms with van der Waals surface area (Å²) in [6.45, 7) is 3.83. The van der Waals surface area contributed by atoms with Crippen LogP contribution in [-0.2, 0) is 9.59 Å². The predicted octanol–water partition coefficient (Wildman–Crippen LogP) is 2.73. The Labute approximate surface area is 108 Å². The molecule has 2 amide bonds. The van der Waals surface area contributed by atoms with Crippen LogP contribution in [0.2, 0.25) is 0 Å². The molecule has 0 unspecified atom stereocenters. The van der Waals surface area contributed by atoms with Crippen molar-refractivity contribution in [3.63, 3.8) is 0 Å². The van der Waals surface area contributed by atoms with Gasteiger partial charge in [0.25, 0.3) is 0 Å². The summed E-state index contributed by atoms with van der Waals surface area (Å²) in [4.78, 5) is 25.3. The quantitative estimate of drug-likeness (QED) is 0.815. The number of nitrogens with zero attached hydrogens (tertiary/aromatic N) is 1. The standard InChI is InChI=1S/C14H20N2O2/c1-3-6-13(17)16(14(18)7-4-2)12-9-5-8-11(15)10-12/h5,8-10H,3-4,6-7,15H2,1-2H3. The minimum atomic E-state index is -0.165. The molecule has 0 aliphatic heterocycles. The van der Waals surface area contributed by atoms with Crippen molar-refractivity contribution in [3.05, 3.63) is 24.3 Å². The lowest BCUT2D eigenvalue weighted by Crippen LogP contribution is -2.36. The molecule has 1 rings (SSSR count). The van der Waals surface area contributed by atoms with Crippen LogP contribution < -0.4 is 10.6 Å². The molecule has 0 aliphatic rings. The van der Waals surface area contributed by atoms with E-state index in [2.05, 4.69) is 0 Å². The van der Waals surface area contributed by atoms with E-state index in [0.717, 1.165) is 12.8 Å². The Morgan fingerprint density at radius 2 is 1.67 bits per heavy atom. The molecule has 0 aromatic heterocycles. The molecule has 0 fully saturated rings. The summed E-state index contributed by atoms with van der Waals surface area (Å²) in [5, 5.41) is 0. The van der Waals surface area contributed by atoms with Crippen LogP contribution in [0.3, 0.4) is 0 Å². The molecule has 0 heterocycles. The second kappa shape index (κ2) is 6.79. The summed E-state index contributed by atoms with van der Waals surface area (Å²) in [5.74, 6) is -0.330. The number of imide groups is 1. The number of nitrogen functional groups attached to an aromatic ring is 1. The van der Waals surface area contributed by atoms with Gasteiger partial charge < -0.3 is 5.73 Å². The number of hydrogen-bond donors (Lipinski definition) is 1. The van der Waals surface area contributed by atoms with E-state index in [1.807, 2.05) is 13.8 Å². The Kier molecular flexibility index (Phi) is 5.36. The number of nitrogens with two attached hydrogens (primary N) is 1. The molecule has 1 aromatic carbocycles. The van der Waals surface area contributed by atoms with Gasteiger partial charge in [-0.2, -0.15) is 0 Å². The van der Waals surface area contributed by atoms with Crippen molar-refractivity contribution >= 4 is 23.2 Å². The normalized spacial score (nSPS) is 10.1. The number of benzene rings is 1. The first-order valence-corrected chi connectivity index (χ1v) is 6.31. The molecule has 1 aromatic rings. The molecular weight excluding hydrogens is 228 g/mol. The predicted molar refractivity (Wildman–Crippen MR) is 73.2 cm³/mol. The van der Waals surface area contributed by atoms with E-state index in [0.29, 0.717) is 24.2 Å². The van der Waals surface area contributed by atoms with Crippen molar-refractivity contribution in [1.29, 1.82) is 0 Å². The maximum absolute atomic E-state index is 12.0. The molecule has 0 aliphatic carbocycles. The Morgan fingerprint density at radius 3 is 2.11 bits per heavy atom. The van der Waals surface area contributed by atoms with Gasteiger partial charge in [0.2, 0.25) is 11.8 Å². The second-order valence-electron chi connectivity index (χ2n) is 4.22. The van der Waals surface area contributed by atoms with Gasteiger partial charge in [0, 0.05) is 18.5 Å². The van der Waals surface area contributed by atoms with Gasteiger partial charge in [-0.1, -0.05) is 19.9 Å². The number of hydrogen-bond acceptors (Lipinski definition) is 3. The van der Waals surface area contributed by atoms with Crippen LogP contribution in [0.1, 0.15) is 39.5 Å². The highest BCUT2D eigenvalue weighted by Crippen LogP contribution is 2.20. The average Bonchev–Trinajstić information content (AvgIpc) is 2.30. The summed E-state index contributed by atoms with van der Waals surface area (Å²) in [5.41, 5.74) is 6.80. The third kappa shape index (κ3) is 3.58. The maximum Gasteiger partial charge on any atom is 0.233 e. The first-order chi connectivity index (χ1) is 8.60. The zero-order valence-corrected chi connectivity index (χ0v) is 11.0. The Morgan fingerprint density at radius 1 is 1.11 bits per heavy atom. The largest absolute Gasteiger partial charge is 0.399 e. The fourth-order valence-electron chi connectivity index (χ4n) is 1.74. The molecule has 0 saturated heterocycles. The molecular formula is C14H20N2O2. The zero-order valence-electron chi connectivity index (χ0n) is 11.0. The van der Waals surface area contributed by atoms with Crippen molar-refractivity contribution in [1.82, 2.24) is 0 Å². The Bertz CT molecular complexity index is 412. The van der Waals surface area contributed by atoms with E-state index >= 15 is 0 Å². The molecule has 98 valence electrons. The summed E-state index contributed by atoms with van der Waals surface area (Å²) in [6, 6.07) is 6.87. The van der Waals surface area contributed by atoms with Gasteiger partial charge in [-0.25, -0.2) is 0 Å². The fourth-order valence-corrected chi connectivity index (χ4v) is 1.74. The molecule has 2 N–H and O–H groups in total. The van der Waals surface area contributed by atoms with Crippen LogP contribution in [0.15, 0.2) is 24.3 Å². The van der Waals surface area contributed by atoms with Crippen molar-refractivity contribution in [2.45, 2.75) is 39.5 Å². The lowest BCUT2D eigenvalue weighted by molar-refractivity contribution is -0.126. The van der Waals surface area contributed by atoms with Gasteiger partial charge in [-0.05, 0) is 31.0 Å². The van der Waals surface area contributed by atoms with Crippen molar-refractivity contribution in [2.24, 2.45) is 0 Å². The Balaban J connectivity index is 3.03. The first kappa shape index (κ1) is 14.2. The molecule has 0 radical (unpaired) electrons. The number of anilines is 2. The van der Waals surface area contributed by atoms with Gasteiger partial charge in [-0.15, -0.1) is 0 Å². The van der Waals surface area contributed by atoms with Crippen LogP contribution in [0.25, 0.3) is 0 Å². The maximum atomic E-state index is 12.0. The smallest absolute Gasteiger partial charge is 0.233 e. The first-order valence-electron chi connectivity index (χ1n) is 6.31. The minimum Gasteiger partial charge on any atom is -0.399 e. The van der Waals surface area contributed by atoms with Gasteiger partial charge in [-0.3, -0.25) is 14.5 Å². The molecule has 0 saturated carbocycles. The molecule has 4 heteroatoms. The SMILES string of the molecule is CCCC(=O)N(C(=O)CCC)c1cccc(N)c1. The number of carbonyl (C=O) groups is 2. The van der Waals surface area contributed by atoms with Gasteiger partial charge in [0.15, 0.2) is 0 Å². The molecule has 0 atom stereocenters. The highest BCUT2D eigenvalue weighted by molar-refractivity contribution is 6.14. The van der Waals surface area contributed by atoms with Crippen molar-refractivity contribution in [3.8, 4) is 0 Å². The molecule has 0 bridgehead atoms. The van der Waals surface area contributed by atoms with Crippen LogP contribution in [0, 0.1) is 0 Å². The zero-order chi connectivity index (χ0) is 13.5. The summed E-state index contributed by atoms with van der Waals surface area (Å²) in [7, 11) is 0. The summed E-state index contributed by atoms with van der Waals surface area (Å²) >= 11 is 0. The van der Waals surface area contributed by atoms with Crippen molar-refractivity contribution < 1.29 is 9.59 Å². The van der Waals surface area contributed by atoms with Crippen LogP contribution in [0.4, 0.5) is 11.4 Å². The minimum absolute atomic E-state index is 0.165. The van der Waals surface area contributed by atoms with Crippen LogP contribution in [-0.4, -0.2) is 11.8 Å². The summed E-state index contributed by atoms with van der Waals surface area (Å²) in [6.07, 6.45) is 2.17. The lowest BCUT2D eigenvalue weighted by atomic mass is 10.2. The van der Waals surface area contributed by atoms with E-state index in [1.54, 1.807) is 24.3 Å². The van der Waals surface area contributed by atoms with E-state index in [1.165, 1.54) is 4.90 Å². The fraction of sp³-hybridized carbons (Fsp3) is 0.429. The van der Waals surface area contributed by atoms with E-state index in [4.69, 9.17) is 5.73 Å². The second-order valence-corrected chi connectivity index (χ2v) is 4.22. The molecule has 0 spiro atoms.